The Morgan fingerprint density at radius 1 is 1.32 bits per heavy atom. The van der Waals surface area contributed by atoms with Crippen molar-refractivity contribution in [3.63, 3.8) is 0 Å². The minimum atomic E-state index is -0.426. The van der Waals surface area contributed by atoms with Crippen LogP contribution in [-0.4, -0.2) is 21.6 Å². The number of nitro benzene ring substituents is 1. The van der Waals surface area contributed by atoms with Crippen molar-refractivity contribution in [1.29, 1.82) is 0 Å². The van der Waals surface area contributed by atoms with E-state index in [1.165, 1.54) is 35.2 Å². The third-order valence-corrected chi connectivity index (χ3v) is 5.73. The summed E-state index contributed by atoms with van der Waals surface area (Å²) in [6.07, 6.45) is 0. The predicted octanol–water partition coefficient (Wildman–Crippen LogP) is 4.17. The molecule has 0 spiro atoms. The number of thiazole rings is 1. The Morgan fingerprint density at radius 2 is 2.08 bits per heavy atom. The Hall–Kier alpha value is -2.45. The van der Waals surface area contributed by atoms with E-state index in [1.807, 2.05) is 37.3 Å². The molecular weight excluding hydrogens is 358 g/mol. The Bertz CT molecular complexity index is 912. The number of hydrogen-bond donors (Lipinski definition) is 1. The second-order valence-corrected chi connectivity index (χ2v) is 7.63. The third-order valence-electron chi connectivity index (χ3n) is 3.57. The molecule has 128 valence electrons. The second kappa shape index (κ2) is 7.62. The minimum Gasteiger partial charge on any atom is -0.349 e. The maximum Gasteiger partial charge on any atom is 0.270 e. The molecule has 2 aromatic carbocycles. The Balaban J connectivity index is 1.60. The van der Waals surface area contributed by atoms with Crippen molar-refractivity contribution in [2.24, 2.45) is 0 Å². The average molecular weight is 373 g/mol. The first-order valence-electron chi connectivity index (χ1n) is 7.55. The fourth-order valence-electron chi connectivity index (χ4n) is 2.30. The molecule has 1 atom stereocenters. The van der Waals surface area contributed by atoms with Gasteiger partial charge in [0.15, 0.2) is 4.34 Å². The van der Waals surface area contributed by atoms with Gasteiger partial charge in [0.2, 0.25) is 5.91 Å². The van der Waals surface area contributed by atoms with Gasteiger partial charge in [0.1, 0.15) is 0 Å². The van der Waals surface area contributed by atoms with Gasteiger partial charge in [0.25, 0.3) is 5.69 Å². The SMILES string of the molecule is C[C@H](NC(=O)CSc1nc2ccc([N+](=O)[O-])cc2s1)c1ccccc1. The van der Waals surface area contributed by atoms with Crippen molar-refractivity contribution >= 4 is 44.9 Å². The van der Waals surface area contributed by atoms with Gasteiger partial charge in [-0.15, -0.1) is 11.3 Å². The normalized spacial score (nSPS) is 12.0. The Labute approximate surface area is 152 Å². The number of thioether (sulfide) groups is 1. The molecule has 0 aliphatic heterocycles. The predicted molar refractivity (Wildman–Crippen MR) is 100.0 cm³/mol. The fourth-order valence-corrected chi connectivity index (χ4v) is 4.22. The second-order valence-electron chi connectivity index (χ2n) is 5.38. The van der Waals surface area contributed by atoms with E-state index in [4.69, 9.17) is 0 Å². The molecule has 8 heteroatoms. The lowest BCUT2D eigenvalue weighted by molar-refractivity contribution is -0.384. The first kappa shape index (κ1) is 17.4. The van der Waals surface area contributed by atoms with Crippen LogP contribution in [0.4, 0.5) is 5.69 Å². The fraction of sp³-hybridized carbons (Fsp3) is 0.176. The largest absolute Gasteiger partial charge is 0.349 e. The molecule has 0 bridgehead atoms. The number of nitrogens with one attached hydrogen (secondary N) is 1. The van der Waals surface area contributed by atoms with E-state index in [1.54, 1.807) is 6.07 Å². The molecular formula is C17H15N3O3S2. The third kappa shape index (κ3) is 4.34. The number of aromatic nitrogens is 1. The number of nitrogens with zero attached hydrogens (tertiary/aromatic N) is 2. The summed E-state index contributed by atoms with van der Waals surface area (Å²) in [5, 5.41) is 13.8. The Kier molecular flexibility index (Phi) is 5.30. The molecule has 1 heterocycles. The van der Waals surface area contributed by atoms with E-state index < -0.39 is 4.92 Å². The van der Waals surface area contributed by atoms with Crippen molar-refractivity contribution in [2.75, 3.05) is 5.75 Å². The molecule has 6 nitrogen and oxygen atoms in total. The highest BCUT2D eigenvalue weighted by atomic mass is 32.2. The zero-order valence-corrected chi connectivity index (χ0v) is 15.0. The van der Waals surface area contributed by atoms with Gasteiger partial charge < -0.3 is 5.32 Å². The van der Waals surface area contributed by atoms with E-state index in [0.29, 0.717) is 5.52 Å². The van der Waals surface area contributed by atoms with Crippen LogP contribution in [0.15, 0.2) is 52.9 Å². The van der Waals surface area contributed by atoms with Crippen LogP contribution in [0.3, 0.4) is 0 Å². The number of fused-ring (bicyclic) bond motifs is 1. The monoisotopic (exact) mass is 373 g/mol. The number of amides is 1. The summed E-state index contributed by atoms with van der Waals surface area (Å²) in [4.78, 5) is 26.9. The van der Waals surface area contributed by atoms with Crippen LogP contribution in [0.5, 0.6) is 0 Å². The number of nitro groups is 1. The number of benzene rings is 2. The van der Waals surface area contributed by atoms with Gasteiger partial charge in [-0.25, -0.2) is 4.98 Å². The summed E-state index contributed by atoms with van der Waals surface area (Å²) < 4.78 is 1.47. The zero-order valence-electron chi connectivity index (χ0n) is 13.3. The summed E-state index contributed by atoms with van der Waals surface area (Å²) in [6, 6.07) is 14.3. The zero-order chi connectivity index (χ0) is 17.8. The van der Waals surface area contributed by atoms with E-state index in [-0.39, 0.29) is 23.4 Å². The molecule has 1 N–H and O–H groups in total. The molecule has 0 radical (unpaired) electrons. The molecule has 0 saturated heterocycles. The molecule has 0 aliphatic rings. The number of rotatable bonds is 6. The minimum absolute atomic E-state index is 0.0436. The number of carbonyl (C=O) groups excluding carboxylic acids is 1. The molecule has 0 fully saturated rings. The van der Waals surface area contributed by atoms with Gasteiger partial charge in [-0.05, 0) is 18.6 Å². The van der Waals surface area contributed by atoms with Crippen LogP contribution in [-0.2, 0) is 4.79 Å². The number of carbonyl (C=O) groups is 1. The smallest absolute Gasteiger partial charge is 0.270 e. The van der Waals surface area contributed by atoms with Gasteiger partial charge in [-0.1, -0.05) is 42.1 Å². The molecule has 1 aromatic heterocycles. The topological polar surface area (TPSA) is 85.1 Å². The van der Waals surface area contributed by atoms with Gasteiger partial charge in [0, 0.05) is 12.1 Å². The summed E-state index contributed by atoms with van der Waals surface area (Å²) >= 11 is 2.68. The van der Waals surface area contributed by atoms with Crippen molar-refractivity contribution in [3.05, 3.63) is 64.2 Å². The van der Waals surface area contributed by atoms with E-state index in [9.17, 15) is 14.9 Å². The number of non-ortho nitro benzene ring substituents is 1. The van der Waals surface area contributed by atoms with Crippen LogP contribution in [0, 0.1) is 10.1 Å². The van der Waals surface area contributed by atoms with Crippen LogP contribution in [0.1, 0.15) is 18.5 Å². The van der Waals surface area contributed by atoms with E-state index >= 15 is 0 Å². The maximum atomic E-state index is 12.1. The highest BCUT2D eigenvalue weighted by molar-refractivity contribution is 8.01. The van der Waals surface area contributed by atoms with Crippen LogP contribution >= 0.6 is 23.1 Å². The van der Waals surface area contributed by atoms with Crippen molar-refractivity contribution in [2.45, 2.75) is 17.3 Å². The van der Waals surface area contributed by atoms with E-state index in [0.717, 1.165) is 14.6 Å². The van der Waals surface area contributed by atoms with Crippen LogP contribution in [0.2, 0.25) is 0 Å². The van der Waals surface area contributed by atoms with Gasteiger partial charge in [-0.3, -0.25) is 14.9 Å². The summed E-state index contributed by atoms with van der Waals surface area (Å²) in [6.45, 7) is 1.94. The lowest BCUT2D eigenvalue weighted by Crippen LogP contribution is -2.28. The standard InChI is InChI=1S/C17H15N3O3S2/c1-11(12-5-3-2-4-6-12)18-16(21)10-24-17-19-14-8-7-13(20(22)23)9-15(14)25-17/h2-9,11H,10H2,1H3,(H,18,21)/t11-/m0/s1. The quantitative estimate of drug-likeness (QED) is 0.398. The first-order chi connectivity index (χ1) is 12.0. The molecule has 0 unspecified atom stereocenters. The van der Waals surface area contributed by atoms with Crippen LogP contribution < -0.4 is 5.32 Å². The Morgan fingerprint density at radius 3 is 2.80 bits per heavy atom. The molecule has 3 rings (SSSR count). The van der Waals surface area contributed by atoms with Gasteiger partial charge in [-0.2, -0.15) is 0 Å². The molecule has 1 amide bonds. The van der Waals surface area contributed by atoms with Crippen molar-refractivity contribution < 1.29 is 9.72 Å². The lowest BCUT2D eigenvalue weighted by atomic mass is 10.1. The molecule has 0 aliphatic carbocycles. The number of hydrogen-bond acceptors (Lipinski definition) is 6. The van der Waals surface area contributed by atoms with Crippen molar-refractivity contribution in [3.8, 4) is 0 Å². The highest BCUT2D eigenvalue weighted by Gasteiger charge is 2.13. The van der Waals surface area contributed by atoms with Crippen molar-refractivity contribution in [1.82, 2.24) is 10.3 Å². The molecule has 0 saturated carbocycles. The average Bonchev–Trinajstić information content (AvgIpc) is 3.02. The summed E-state index contributed by atoms with van der Waals surface area (Å²) in [5.74, 6) is 0.172. The van der Waals surface area contributed by atoms with E-state index in [2.05, 4.69) is 10.3 Å². The van der Waals surface area contributed by atoms with Gasteiger partial charge >= 0.3 is 0 Å². The maximum absolute atomic E-state index is 12.1. The highest BCUT2D eigenvalue weighted by Crippen LogP contribution is 2.31. The van der Waals surface area contributed by atoms with Crippen LogP contribution in [0.25, 0.3) is 10.2 Å². The summed E-state index contributed by atoms with van der Waals surface area (Å²) in [7, 11) is 0. The first-order valence-corrected chi connectivity index (χ1v) is 9.35. The molecule has 25 heavy (non-hydrogen) atoms. The molecule has 3 aromatic rings. The van der Waals surface area contributed by atoms with Gasteiger partial charge in [0.05, 0.1) is 26.9 Å². The summed E-state index contributed by atoms with van der Waals surface area (Å²) in [5.41, 5.74) is 1.80. The lowest BCUT2D eigenvalue weighted by Gasteiger charge is -2.13.